The van der Waals surface area contributed by atoms with Crippen molar-refractivity contribution in [3.05, 3.63) is 29.1 Å². The van der Waals surface area contributed by atoms with Crippen LogP contribution in [0.25, 0.3) is 16.4 Å². The number of fused-ring (bicyclic) bond motifs is 1. The zero-order chi connectivity index (χ0) is 13.5. The lowest BCUT2D eigenvalue weighted by molar-refractivity contribution is 0.111. The number of aromatic nitrogens is 3. The average Bonchev–Trinajstić information content (AvgIpc) is 3.21. The lowest BCUT2D eigenvalue weighted by Gasteiger charge is -2.03. The van der Waals surface area contributed by atoms with Crippen molar-refractivity contribution in [1.82, 2.24) is 14.6 Å². The molecule has 104 valence electrons. The maximum Gasteiger partial charge on any atom is 0.213 e. The van der Waals surface area contributed by atoms with E-state index in [0.717, 1.165) is 29.4 Å². The van der Waals surface area contributed by atoms with E-state index in [1.807, 2.05) is 6.07 Å². The molecular formula is C13H13N3O3S. The third kappa shape index (κ3) is 1.78. The van der Waals surface area contributed by atoms with Crippen LogP contribution in [0.15, 0.2) is 22.8 Å². The molecule has 3 aromatic rings. The van der Waals surface area contributed by atoms with E-state index >= 15 is 0 Å². The Balaban J connectivity index is 1.82. The summed E-state index contributed by atoms with van der Waals surface area (Å²) in [6.07, 6.45) is 3.72. The quantitative estimate of drug-likeness (QED) is 0.802. The highest BCUT2D eigenvalue weighted by atomic mass is 32.1. The molecule has 1 saturated heterocycles. The topological polar surface area (TPSA) is 72.8 Å². The minimum atomic E-state index is -0.133. The predicted molar refractivity (Wildman–Crippen MR) is 72.4 cm³/mol. The number of imidazole rings is 1. The van der Waals surface area contributed by atoms with E-state index in [4.69, 9.17) is 9.15 Å². The molecule has 1 aliphatic rings. The summed E-state index contributed by atoms with van der Waals surface area (Å²) in [5, 5.41) is 15.1. The van der Waals surface area contributed by atoms with Crippen molar-refractivity contribution in [2.75, 3.05) is 6.61 Å². The van der Waals surface area contributed by atoms with Gasteiger partial charge in [0.1, 0.15) is 22.5 Å². The van der Waals surface area contributed by atoms with Crippen LogP contribution in [0.4, 0.5) is 0 Å². The molecule has 1 fully saturated rings. The second-order valence-corrected chi connectivity index (χ2v) is 5.67. The van der Waals surface area contributed by atoms with Gasteiger partial charge in [0.05, 0.1) is 12.9 Å². The van der Waals surface area contributed by atoms with Crippen LogP contribution in [0, 0.1) is 0 Å². The summed E-state index contributed by atoms with van der Waals surface area (Å²) in [7, 11) is 0. The molecule has 1 aliphatic heterocycles. The van der Waals surface area contributed by atoms with E-state index < -0.39 is 0 Å². The molecule has 7 heteroatoms. The maximum absolute atomic E-state index is 9.61. The van der Waals surface area contributed by atoms with Crippen LogP contribution in [-0.2, 0) is 11.3 Å². The molecule has 0 spiro atoms. The Morgan fingerprint density at radius 2 is 2.45 bits per heavy atom. The standard InChI is InChI=1S/C13H13N3O3S/c17-7-8-11(9-3-1-5-18-9)14-13-16(8)15-12(20-13)10-4-2-6-19-10/h1,3,5,10,17H,2,4,6-7H2. The molecule has 0 saturated carbocycles. The van der Waals surface area contributed by atoms with E-state index in [0.29, 0.717) is 17.1 Å². The Hall–Kier alpha value is -1.70. The van der Waals surface area contributed by atoms with E-state index in [-0.39, 0.29) is 12.7 Å². The highest BCUT2D eigenvalue weighted by molar-refractivity contribution is 7.16. The van der Waals surface area contributed by atoms with Crippen LogP contribution in [0.5, 0.6) is 0 Å². The molecular weight excluding hydrogens is 278 g/mol. The van der Waals surface area contributed by atoms with Gasteiger partial charge >= 0.3 is 0 Å². The summed E-state index contributed by atoms with van der Waals surface area (Å²) < 4.78 is 12.7. The number of hydrogen-bond acceptors (Lipinski definition) is 6. The number of furan rings is 1. The summed E-state index contributed by atoms with van der Waals surface area (Å²) in [6.45, 7) is 0.656. The zero-order valence-corrected chi connectivity index (χ0v) is 11.5. The molecule has 3 aromatic heterocycles. The number of aliphatic hydroxyl groups excluding tert-OH is 1. The van der Waals surface area contributed by atoms with Crippen molar-refractivity contribution in [2.45, 2.75) is 25.6 Å². The van der Waals surface area contributed by atoms with Crippen molar-refractivity contribution >= 4 is 16.3 Å². The van der Waals surface area contributed by atoms with Crippen molar-refractivity contribution in [3.8, 4) is 11.5 Å². The molecule has 20 heavy (non-hydrogen) atoms. The Labute approximate surface area is 118 Å². The number of nitrogens with zero attached hydrogens (tertiary/aromatic N) is 3. The lowest BCUT2D eigenvalue weighted by atomic mass is 10.2. The van der Waals surface area contributed by atoms with Gasteiger partial charge in [0.15, 0.2) is 5.76 Å². The van der Waals surface area contributed by atoms with Crippen LogP contribution in [0.3, 0.4) is 0 Å². The fraction of sp³-hybridized carbons (Fsp3) is 0.385. The summed E-state index contributed by atoms with van der Waals surface area (Å²) in [5.74, 6) is 0.644. The zero-order valence-electron chi connectivity index (χ0n) is 10.7. The molecule has 0 aliphatic carbocycles. The van der Waals surface area contributed by atoms with Gasteiger partial charge in [-0.1, -0.05) is 11.3 Å². The molecule has 4 rings (SSSR count). The van der Waals surface area contributed by atoms with Gasteiger partial charge in [-0.05, 0) is 25.0 Å². The average molecular weight is 291 g/mol. The van der Waals surface area contributed by atoms with E-state index in [9.17, 15) is 5.11 Å². The summed E-state index contributed by atoms with van der Waals surface area (Å²) in [5.41, 5.74) is 1.30. The second-order valence-electron chi connectivity index (χ2n) is 4.68. The van der Waals surface area contributed by atoms with Gasteiger partial charge in [-0.15, -0.1) is 0 Å². The molecule has 4 heterocycles. The van der Waals surface area contributed by atoms with E-state index in [1.54, 1.807) is 16.8 Å². The molecule has 0 bridgehead atoms. The molecule has 1 atom stereocenters. The first kappa shape index (κ1) is 12.1. The van der Waals surface area contributed by atoms with Crippen LogP contribution in [0.2, 0.25) is 0 Å². The Kier molecular flexibility index (Phi) is 2.83. The van der Waals surface area contributed by atoms with E-state index in [2.05, 4.69) is 10.1 Å². The molecule has 0 radical (unpaired) electrons. The van der Waals surface area contributed by atoms with Crippen LogP contribution >= 0.6 is 11.3 Å². The maximum atomic E-state index is 9.61. The van der Waals surface area contributed by atoms with Gasteiger partial charge in [0.2, 0.25) is 4.96 Å². The lowest BCUT2D eigenvalue weighted by Crippen LogP contribution is -1.99. The van der Waals surface area contributed by atoms with Crippen LogP contribution in [-0.4, -0.2) is 26.3 Å². The minimum Gasteiger partial charge on any atom is -0.463 e. The molecule has 1 N–H and O–H groups in total. The molecule has 0 amide bonds. The first-order chi connectivity index (χ1) is 9.86. The molecule has 6 nitrogen and oxygen atoms in total. The Bertz CT molecular complexity index is 726. The van der Waals surface area contributed by atoms with E-state index in [1.165, 1.54) is 11.3 Å². The Morgan fingerprint density at radius 1 is 1.50 bits per heavy atom. The van der Waals surface area contributed by atoms with Gasteiger partial charge in [-0.3, -0.25) is 0 Å². The number of ether oxygens (including phenoxy) is 1. The summed E-state index contributed by atoms with van der Waals surface area (Å²) in [6, 6.07) is 3.63. The highest BCUT2D eigenvalue weighted by Crippen LogP contribution is 2.34. The largest absolute Gasteiger partial charge is 0.463 e. The van der Waals surface area contributed by atoms with Crippen LogP contribution < -0.4 is 0 Å². The van der Waals surface area contributed by atoms with Crippen molar-refractivity contribution in [1.29, 1.82) is 0 Å². The molecule has 1 unspecified atom stereocenters. The first-order valence-electron chi connectivity index (χ1n) is 6.51. The summed E-state index contributed by atoms with van der Waals surface area (Å²) in [4.78, 5) is 5.28. The monoisotopic (exact) mass is 291 g/mol. The first-order valence-corrected chi connectivity index (χ1v) is 7.33. The Morgan fingerprint density at radius 3 is 3.15 bits per heavy atom. The minimum absolute atomic E-state index is 0.0697. The van der Waals surface area contributed by atoms with Gasteiger partial charge in [-0.2, -0.15) is 5.10 Å². The van der Waals surface area contributed by atoms with Gasteiger partial charge in [0.25, 0.3) is 0 Å². The predicted octanol–water partition coefficient (Wildman–Crippen LogP) is 2.39. The van der Waals surface area contributed by atoms with Gasteiger partial charge < -0.3 is 14.3 Å². The number of hydrogen-bond donors (Lipinski definition) is 1. The van der Waals surface area contributed by atoms with Gasteiger partial charge in [0, 0.05) is 6.61 Å². The summed E-state index contributed by atoms with van der Waals surface area (Å²) >= 11 is 1.51. The second kappa shape index (κ2) is 4.69. The third-order valence-corrected chi connectivity index (χ3v) is 4.42. The third-order valence-electron chi connectivity index (χ3n) is 3.42. The van der Waals surface area contributed by atoms with Gasteiger partial charge in [-0.25, -0.2) is 9.50 Å². The fourth-order valence-corrected chi connectivity index (χ4v) is 3.46. The number of rotatable bonds is 3. The fourth-order valence-electron chi connectivity index (χ4n) is 2.46. The van der Waals surface area contributed by atoms with Crippen molar-refractivity contribution < 1.29 is 14.3 Å². The number of aliphatic hydroxyl groups is 1. The SMILES string of the molecule is OCc1c(-c2ccco2)nc2sc(C3CCCO3)nn12. The molecule has 0 aromatic carbocycles. The smallest absolute Gasteiger partial charge is 0.213 e. The van der Waals surface area contributed by atoms with Crippen molar-refractivity contribution in [2.24, 2.45) is 0 Å². The highest BCUT2D eigenvalue weighted by Gasteiger charge is 2.25. The normalized spacial score (nSPS) is 19.1. The van der Waals surface area contributed by atoms with Crippen LogP contribution in [0.1, 0.15) is 29.6 Å². The van der Waals surface area contributed by atoms with Crippen molar-refractivity contribution in [3.63, 3.8) is 0 Å².